The second-order valence-corrected chi connectivity index (χ2v) is 5.58. The standard InChI is InChI=1S/C16H23N3.HI/c1-2-17-16(18-11-13-7-8-13)19-10-9-14-5-3-4-6-15(14)12-19;/h3-6,13H,2,7-12H2,1H3,(H,17,18);1H. The van der Waals surface area contributed by atoms with Gasteiger partial charge in [-0.2, -0.15) is 0 Å². The van der Waals surface area contributed by atoms with Crippen LogP contribution in [0.5, 0.6) is 0 Å². The molecule has 3 rings (SSSR count). The molecule has 0 spiro atoms. The van der Waals surface area contributed by atoms with Crippen LogP contribution in [-0.4, -0.2) is 30.5 Å². The molecule has 0 atom stereocenters. The van der Waals surface area contributed by atoms with Gasteiger partial charge in [0, 0.05) is 26.2 Å². The third-order valence-corrected chi connectivity index (χ3v) is 3.96. The molecule has 1 saturated carbocycles. The van der Waals surface area contributed by atoms with E-state index in [0.29, 0.717) is 0 Å². The van der Waals surface area contributed by atoms with Crippen molar-refractivity contribution in [1.29, 1.82) is 0 Å². The van der Waals surface area contributed by atoms with Crippen LogP contribution in [0.3, 0.4) is 0 Å². The molecule has 1 fully saturated rings. The Labute approximate surface area is 138 Å². The third-order valence-electron chi connectivity index (χ3n) is 3.96. The molecule has 3 nitrogen and oxygen atoms in total. The Bertz CT molecular complexity index is 469. The van der Waals surface area contributed by atoms with Gasteiger partial charge < -0.3 is 10.2 Å². The van der Waals surface area contributed by atoms with Crippen LogP contribution in [0.4, 0.5) is 0 Å². The Morgan fingerprint density at radius 1 is 1.30 bits per heavy atom. The van der Waals surface area contributed by atoms with Crippen molar-refractivity contribution in [3.05, 3.63) is 35.4 Å². The summed E-state index contributed by atoms with van der Waals surface area (Å²) >= 11 is 0. The van der Waals surface area contributed by atoms with Crippen LogP contribution in [0.15, 0.2) is 29.3 Å². The normalized spacial score (nSPS) is 18.2. The lowest BCUT2D eigenvalue weighted by Gasteiger charge is -2.31. The minimum absolute atomic E-state index is 0. The Balaban J connectivity index is 0.00000147. The topological polar surface area (TPSA) is 27.6 Å². The lowest BCUT2D eigenvalue weighted by molar-refractivity contribution is 0.378. The van der Waals surface area contributed by atoms with Crippen LogP contribution in [0.1, 0.15) is 30.9 Å². The van der Waals surface area contributed by atoms with Crippen LogP contribution < -0.4 is 5.32 Å². The van der Waals surface area contributed by atoms with Gasteiger partial charge in [0.25, 0.3) is 0 Å². The molecule has 0 saturated heterocycles. The van der Waals surface area contributed by atoms with Crippen molar-refractivity contribution < 1.29 is 0 Å². The Morgan fingerprint density at radius 2 is 2.05 bits per heavy atom. The Kier molecular flexibility index (Phi) is 5.69. The number of aliphatic imine (C=N–C) groups is 1. The van der Waals surface area contributed by atoms with Gasteiger partial charge in [-0.1, -0.05) is 24.3 Å². The van der Waals surface area contributed by atoms with E-state index < -0.39 is 0 Å². The first-order chi connectivity index (χ1) is 9.36. The number of nitrogens with one attached hydrogen (secondary N) is 1. The van der Waals surface area contributed by atoms with Gasteiger partial charge in [0.05, 0.1) is 0 Å². The summed E-state index contributed by atoms with van der Waals surface area (Å²) in [6.07, 6.45) is 3.86. The number of nitrogens with zero attached hydrogens (tertiary/aromatic N) is 2. The van der Waals surface area contributed by atoms with E-state index in [2.05, 4.69) is 41.4 Å². The van der Waals surface area contributed by atoms with E-state index in [0.717, 1.165) is 44.5 Å². The van der Waals surface area contributed by atoms with Gasteiger partial charge in [-0.25, -0.2) is 0 Å². The van der Waals surface area contributed by atoms with Crippen molar-refractivity contribution in [2.75, 3.05) is 19.6 Å². The summed E-state index contributed by atoms with van der Waals surface area (Å²) in [5.74, 6) is 1.95. The zero-order valence-electron chi connectivity index (χ0n) is 12.1. The summed E-state index contributed by atoms with van der Waals surface area (Å²) in [6, 6.07) is 8.77. The largest absolute Gasteiger partial charge is 0.357 e. The van der Waals surface area contributed by atoms with Crippen molar-refractivity contribution in [3.8, 4) is 0 Å². The van der Waals surface area contributed by atoms with Crippen LogP contribution in [0.25, 0.3) is 0 Å². The molecule has 1 aromatic carbocycles. The monoisotopic (exact) mass is 385 g/mol. The lowest BCUT2D eigenvalue weighted by Crippen LogP contribution is -2.44. The maximum Gasteiger partial charge on any atom is 0.194 e. The fourth-order valence-electron chi connectivity index (χ4n) is 2.62. The second-order valence-electron chi connectivity index (χ2n) is 5.58. The van der Waals surface area contributed by atoms with Crippen LogP contribution >= 0.6 is 24.0 Å². The van der Waals surface area contributed by atoms with E-state index in [1.807, 2.05) is 0 Å². The van der Waals surface area contributed by atoms with Crippen molar-refractivity contribution >= 4 is 29.9 Å². The van der Waals surface area contributed by atoms with E-state index in [-0.39, 0.29) is 24.0 Å². The predicted octanol–water partition coefficient (Wildman–Crippen LogP) is 3.04. The summed E-state index contributed by atoms with van der Waals surface area (Å²) < 4.78 is 0. The van der Waals surface area contributed by atoms with Gasteiger partial charge in [-0.15, -0.1) is 24.0 Å². The molecule has 4 heteroatoms. The van der Waals surface area contributed by atoms with E-state index in [4.69, 9.17) is 4.99 Å². The SMILES string of the molecule is CCNC(=NCC1CC1)N1CCc2ccccc2C1.I. The second kappa shape index (κ2) is 7.29. The average Bonchev–Trinajstić information content (AvgIpc) is 3.27. The number of halogens is 1. The van der Waals surface area contributed by atoms with E-state index in [9.17, 15) is 0 Å². The summed E-state index contributed by atoms with van der Waals surface area (Å²) in [7, 11) is 0. The summed E-state index contributed by atoms with van der Waals surface area (Å²) in [6.45, 7) is 6.16. The fourth-order valence-corrected chi connectivity index (χ4v) is 2.62. The molecule has 1 heterocycles. The van der Waals surface area contributed by atoms with Crippen molar-refractivity contribution in [2.24, 2.45) is 10.9 Å². The highest BCUT2D eigenvalue weighted by molar-refractivity contribution is 14.0. The molecule has 0 aromatic heterocycles. The van der Waals surface area contributed by atoms with Gasteiger partial charge in [-0.3, -0.25) is 4.99 Å². The number of fused-ring (bicyclic) bond motifs is 1. The Morgan fingerprint density at radius 3 is 2.75 bits per heavy atom. The Hall–Kier alpha value is -0.780. The number of hydrogen-bond donors (Lipinski definition) is 1. The van der Waals surface area contributed by atoms with Gasteiger partial charge >= 0.3 is 0 Å². The van der Waals surface area contributed by atoms with E-state index in [1.165, 1.54) is 24.0 Å². The minimum atomic E-state index is 0. The maximum atomic E-state index is 4.80. The molecule has 1 aliphatic carbocycles. The molecular weight excluding hydrogens is 361 g/mol. The van der Waals surface area contributed by atoms with Gasteiger partial charge in [0.2, 0.25) is 0 Å². The summed E-state index contributed by atoms with van der Waals surface area (Å²) in [5, 5.41) is 3.44. The molecular formula is C16H24IN3. The fraction of sp³-hybridized carbons (Fsp3) is 0.562. The third kappa shape index (κ3) is 3.87. The lowest BCUT2D eigenvalue weighted by atomic mass is 10.0. The van der Waals surface area contributed by atoms with Crippen molar-refractivity contribution in [2.45, 2.75) is 32.7 Å². The molecule has 110 valence electrons. The van der Waals surface area contributed by atoms with E-state index >= 15 is 0 Å². The van der Waals surface area contributed by atoms with Crippen LogP contribution in [0.2, 0.25) is 0 Å². The highest BCUT2D eigenvalue weighted by Crippen LogP contribution is 2.29. The molecule has 0 unspecified atom stereocenters. The highest BCUT2D eigenvalue weighted by Gasteiger charge is 2.22. The molecule has 20 heavy (non-hydrogen) atoms. The van der Waals surface area contributed by atoms with Gasteiger partial charge in [0.1, 0.15) is 0 Å². The molecule has 2 aliphatic rings. The predicted molar refractivity (Wildman–Crippen MR) is 94.7 cm³/mol. The number of benzene rings is 1. The van der Waals surface area contributed by atoms with Gasteiger partial charge in [-0.05, 0) is 43.2 Å². The molecule has 0 bridgehead atoms. The zero-order valence-corrected chi connectivity index (χ0v) is 14.5. The maximum absolute atomic E-state index is 4.80. The van der Waals surface area contributed by atoms with Crippen LogP contribution in [-0.2, 0) is 13.0 Å². The molecule has 0 amide bonds. The van der Waals surface area contributed by atoms with Crippen molar-refractivity contribution in [1.82, 2.24) is 10.2 Å². The molecule has 0 radical (unpaired) electrons. The first kappa shape index (κ1) is 15.6. The number of guanidine groups is 1. The van der Waals surface area contributed by atoms with E-state index in [1.54, 1.807) is 0 Å². The first-order valence-corrected chi connectivity index (χ1v) is 7.47. The molecule has 1 aromatic rings. The zero-order chi connectivity index (χ0) is 13.1. The smallest absolute Gasteiger partial charge is 0.194 e. The average molecular weight is 385 g/mol. The van der Waals surface area contributed by atoms with Crippen LogP contribution in [0, 0.1) is 5.92 Å². The summed E-state index contributed by atoms with van der Waals surface area (Å²) in [5.41, 5.74) is 2.95. The quantitative estimate of drug-likeness (QED) is 0.492. The number of rotatable bonds is 3. The summed E-state index contributed by atoms with van der Waals surface area (Å²) in [4.78, 5) is 7.20. The minimum Gasteiger partial charge on any atom is -0.357 e. The number of hydrogen-bond acceptors (Lipinski definition) is 1. The first-order valence-electron chi connectivity index (χ1n) is 7.47. The highest BCUT2D eigenvalue weighted by atomic mass is 127. The van der Waals surface area contributed by atoms with Crippen molar-refractivity contribution in [3.63, 3.8) is 0 Å². The van der Waals surface area contributed by atoms with Gasteiger partial charge in [0.15, 0.2) is 5.96 Å². The molecule has 1 N–H and O–H groups in total. The molecule has 1 aliphatic heterocycles.